The largest absolute Gasteiger partial charge is 0.422 e. The van der Waals surface area contributed by atoms with Crippen molar-refractivity contribution in [2.75, 3.05) is 11.9 Å². The fourth-order valence-corrected chi connectivity index (χ4v) is 3.84. The van der Waals surface area contributed by atoms with Gasteiger partial charge in [-0.05, 0) is 57.5 Å². The van der Waals surface area contributed by atoms with E-state index in [9.17, 15) is 4.79 Å². The van der Waals surface area contributed by atoms with Gasteiger partial charge < -0.3 is 9.73 Å². The number of fused-ring (bicyclic) bond motifs is 1. The minimum Gasteiger partial charge on any atom is -0.422 e. The molecule has 3 nitrogen and oxygen atoms in total. The molecule has 1 N–H and O–H groups in total. The Morgan fingerprint density at radius 1 is 1.12 bits per heavy atom. The lowest BCUT2D eigenvalue weighted by atomic mass is 10.1. The van der Waals surface area contributed by atoms with E-state index in [-0.39, 0.29) is 5.63 Å². The maximum Gasteiger partial charge on any atom is 0.344 e. The Bertz CT molecular complexity index is 1030. The molecular weight excluding hydrogens is 342 g/mol. The first-order valence-corrected chi connectivity index (χ1v) is 9.54. The Kier molecular flexibility index (Phi) is 5.52. The lowest BCUT2D eigenvalue weighted by Crippen LogP contribution is -2.06. The first-order chi connectivity index (χ1) is 12.5. The minimum atomic E-state index is -0.302. The standard InChI is InChI=1S/C22H23NO2S/c1-5-23-17-11-10-16-12-18(22(24)25-19(16)13-17)21(14(2)3)26-20-9-7-6-8-15(20)4/h6-13,23H,5H2,1-4H3. The number of hydrogen-bond donors (Lipinski definition) is 1. The maximum atomic E-state index is 12.7. The zero-order valence-corrected chi connectivity index (χ0v) is 16.4. The SMILES string of the molecule is CCNc1ccc2cc(C(Sc3ccccc3C)=C(C)C)c(=O)oc2c1. The fraction of sp³-hybridized carbons (Fsp3) is 0.227. The average Bonchev–Trinajstić information content (AvgIpc) is 2.61. The molecule has 0 fully saturated rings. The van der Waals surface area contributed by atoms with Crippen LogP contribution in [0.15, 0.2) is 68.2 Å². The molecule has 0 saturated carbocycles. The molecule has 0 spiro atoms. The van der Waals surface area contributed by atoms with Crippen LogP contribution in [-0.2, 0) is 0 Å². The van der Waals surface area contributed by atoms with Crippen LogP contribution in [-0.4, -0.2) is 6.54 Å². The highest BCUT2D eigenvalue weighted by atomic mass is 32.2. The van der Waals surface area contributed by atoms with Gasteiger partial charge in [0.2, 0.25) is 0 Å². The summed E-state index contributed by atoms with van der Waals surface area (Å²) in [5.41, 5.74) is 4.15. The van der Waals surface area contributed by atoms with Gasteiger partial charge in [0, 0.05) is 33.5 Å². The summed E-state index contributed by atoms with van der Waals surface area (Å²) in [7, 11) is 0. The van der Waals surface area contributed by atoms with Crippen LogP contribution in [0, 0.1) is 6.92 Å². The number of anilines is 1. The van der Waals surface area contributed by atoms with E-state index in [1.165, 1.54) is 5.56 Å². The van der Waals surface area contributed by atoms with Gasteiger partial charge in [-0.2, -0.15) is 0 Å². The summed E-state index contributed by atoms with van der Waals surface area (Å²) < 4.78 is 5.64. The molecule has 0 saturated heterocycles. The van der Waals surface area contributed by atoms with Crippen LogP contribution in [0.5, 0.6) is 0 Å². The zero-order chi connectivity index (χ0) is 18.7. The number of benzene rings is 2. The number of aryl methyl sites for hydroxylation is 1. The topological polar surface area (TPSA) is 42.2 Å². The summed E-state index contributed by atoms with van der Waals surface area (Å²) in [6.07, 6.45) is 0. The molecule has 4 heteroatoms. The van der Waals surface area contributed by atoms with Crippen molar-refractivity contribution in [1.29, 1.82) is 0 Å². The quantitative estimate of drug-likeness (QED) is 0.440. The second-order valence-electron chi connectivity index (χ2n) is 6.43. The van der Waals surface area contributed by atoms with Gasteiger partial charge in [0.1, 0.15) is 5.58 Å². The van der Waals surface area contributed by atoms with Crippen molar-refractivity contribution in [3.8, 4) is 0 Å². The average molecular weight is 365 g/mol. The molecule has 3 rings (SSSR count). The number of nitrogens with one attached hydrogen (secondary N) is 1. The third kappa shape index (κ3) is 3.86. The molecule has 134 valence electrons. The Hall–Kier alpha value is -2.46. The summed E-state index contributed by atoms with van der Waals surface area (Å²) in [5, 5.41) is 4.16. The van der Waals surface area contributed by atoms with Crippen molar-refractivity contribution in [2.24, 2.45) is 0 Å². The molecule has 1 heterocycles. The van der Waals surface area contributed by atoms with E-state index in [0.717, 1.165) is 33.0 Å². The van der Waals surface area contributed by atoms with E-state index in [0.29, 0.717) is 11.1 Å². The summed E-state index contributed by atoms with van der Waals surface area (Å²) >= 11 is 1.62. The molecule has 1 aromatic heterocycles. The Balaban J connectivity index is 2.08. The molecule has 0 radical (unpaired) electrons. The first kappa shape index (κ1) is 18.3. The zero-order valence-electron chi connectivity index (χ0n) is 15.6. The third-order valence-corrected chi connectivity index (χ3v) is 5.63. The summed E-state index contributed by atoms with van der Waals surface area (Å²) in [6, 6.07) is 16.0. The van der Waals surface area contributed by atoms with Crippen molar-refractivity contribution < 1.29 is 4.42 Å². The predicted octanol–water partition coefficient (Wildman–Crippen LogP) is 6.08. The van der Waals surface area contributed by atoms with Crippen LogP contribution in [0.4, 0.5) is 5.69 Å². The van der Waals surface area contributed by atoms with E-state index >= 15 is 0 Å². The molecule has 0 bridgehead atoms. The fourth-order valence-electron chi connectivity index (χ4n) is 2.79. The second-order valence-corrected chi connectivity index (χ2v) is 7.48. The van der Waals surface area contributed by atoms with E-state index in [1.807, 2.05) is 57.2 Å². The maximum absolute atomic E-state index is 12.7. The minimum absolute atomic E-state index is 0.302. The van der Waals surface area contributed by atoms with E-state index in [1.54, 1.807) is 11.8 Å². The lowest BCUT2D eigenvalue weighted by molar-refractivity contribution is 0.559. The lowest BCUT2D eigenvalue weighted by Gasteiger charge is -2.12. The van der Waals surface area contributed by atoms with Gasteiger partial charge >= 0.3 is 5.63 Å². The molecule has 2 aromatic carbocycles. The third-order valence-electron chi connectivity index (χ3n) is 4.12. The van der Waals surface area contributed by atoms with Gasteiger partial charge in [0.15, 0.2) is 0 Å². The van der Waals surface area contributed by atoms with Gasteiger partial charge in [-0.1, -0.05) is 35.5 Å². The molecular formula is C22H23NO2S. The normalized spacial score (nSPS) is 10.8. The molecule has 0 aliphatic rings. The number of allylic oxidation sites excluding steroid dienone is 1. The van der Waals surface area contributed by atoms with Gasteiger partial charge in [-0.25, -0.2) is 4.79 Å². The molecule has 0 aliphatic heterocycles. The Morgan fingerprint density at radius 3 is 2.58 bits per heavy atom. The van der Waals surface area contributed by atoms with E-state index in [2.05, 4.69) is 24.4 Å². The Labute approximate surface area is 158 Å². The van der Waals surface area contributed by atoms with Crippen LogP contribution < -0.4 is 10.9 Å². The highest BCUT2D eigenvalue weighted by Crippen LogP contribution is 2.37. The van der Waals surface area contributed by atoms with E-state index in [4.69, 9.17) is 4.42 Å². The van der Waals surface area contributed by atoms with Crippen molar-refractivity contribution >= 4 is 33.3 Å². The summed E-state index contributed by atoms with van der Waals surface area (Å²) in [4.78, 5) is 14.8. The monoisotopic (exact) mass is 365 g/mol. The number of thioether (sulfide) groups is 1. The van der Waals surface area contributed by atoms with Crippen LogP contribution in [0.2, 0.25) is 0 Å². The molecule has 0 amide bonds. The van der Waals surface area contributed by atoms with Crippen LogP contribution in [0.25, 0.3) is 15.9 Å². The van der Waals surface area contributed by atoms with Gasteiger partial charge in [0.05, 0.1) is 5.56 Å². The predicted molar refractivity (Wildman–Crippen MR) is 112 cm³/mol. The summed E-state index contributed by atoms with van der Waals surface area (Å²) in [6.45, 7) is 8.99. The number of rotatable bonds is 5. The molecule has 0 aliphatic carbocycles. The molecule has 26 heavy (non-hydrogen) atoms. The Morgan fingerprint density at radius 2 is 1.88 bits per heavy atom. The van der Waals surface area contributed by atoms with E-state index < -0.39 is 0 Å². The molecule has 0 unspecified atom stereocenters. The molecule has 3 aromatic rings. The van der Waals surface area contributed by atoms with Crippen molar-refractivity contribution in [1.82, 2.24) is 0 Å². The van der Waals surface area contributed by atoms with Crippen molar-refractivity contribution in [3.05, 3.63) is 75.7 Å². The smallest absolute Gasteiger partial charge is 0.344 e. The van der Waals surface area contributed by atoms with Gasteiger partial charge in [0.25, 0.3) is 0 Å². The highest BCUT2D eigenvalue weighted by molar-refractivity contribution is 8.08. The van der Waals surface area contributed by atoms with Crippen LogP contribution in [0.3, 0.4) is 0 Å². The molecule has 0 atom stereocenters. The van der Waals surface area contributed by atoms with Gasteiger partial charge in [-0.15, -0.1) is 0 Å². The highest BCUT2D eigenvalue weighted by Gasteiger charge is 2.14. The second kappa shape index (κ2) is 7.83. The first-order valence-electron chi connectivity index (χ1n) is 8.72. The number of hydrogen-bond acceptors (Lipinski definition) is 4. The van der Waals surface area contributed by atoms with Crippen LogP contribution in [0.1, 0.15) is 31.9 Å². The van der Waals surface area contributed by atoms with Crippen molar-refractivity contribution in [2.45, 2.75) is 32.6 Å². The van der Waals surface area contributed by atoms with Crippen molar-refractivity contribution in [3.63, 3.8) is 0 Å². The van der Waals surface area contributed by atoms with Gasteiger partial charge in [-0.3, -0.25) is 0 Å². The van der Waals surface area contributed by atoms with Crippen LogP contribution >= 0.6 is 11.8 Å². The summed E-state index contributed by atoms with van der Waals surface area (Å²) in [5.74, 6) is 0.